The van der Waals surface area contributed by atoms with Gasteiger partial charge < -0.3 is 20.0 Å². The van der Waals surface area contributed by atoms with Crippen molar-refractivity contribution in [3.05, 3.63) is 78.2 Å². The standard InChI is InChI=1S/C37H48N2O3S2/c1-21-27(23-13-25(17-38(9)10)31(40)29(15-23)36(3,4)5)19-43-34(21)33(42)35-22(2)28(20-44-35)24-14-26(18-39(11)12)32(41)30(16-24)37(6,7)8/h13-16,19-20,40-41H,17-18H2,1-12H3. The number of hydrogen-bond acceptors (Lipinski definition) is 7. The highest BCUT2D eigenvalue weighted by Crippen LogP contribution is 2.43. The first-order chi connectivity index (χ1) is 20.3. The maximum Gasteiger partial charge on any atom is 0.213 e. The summed E-state index contributed by atoms with van der Waals surface area (Å²) in [6.45, 7) is 18.0. The molecule has 0 atom stereocenters. The van der Waals surface area contributed by atoms with Crippen LogP contribution in [0.1, 0.15) is 89.5 Å². The Labute approximate surface area is 271 Å². The summed E-state index contributed by atoms with van der Waals surface area (Å²) in [6.07, 6.45) is 0. The van der Waals surface area contributed by atoms with E-state index in [1.54, 1.807) is 0 Å². The molecule has 0 fully saturated rings. The summed E-state index contributed by atoms with van der Waals surface area (Å²) in [5, 5.41) is 26.4. The largest absolute Gasteiger partial charge is 0.507 e. The quantitative estimate of drug-likeness (QED) is 0.190. The molecule has 7 heteroatoms. The van der Waals surface area contributed by atoms with Crippen LogP contribution in [0.3, 0.4) is 0 Å². The molecule has 2 N–H and O–H groups in total. The van der Waals surface area contributed by atoms with Gasteiger partial charge in [0.25, 0.3) is 0 Å². The van der Waals surface area contributed by atoms with Gasteiger partial charge >= 0.3 is 0 Å². The van der Waals surface area contributed by atoms with Crippen molar-refractivity contribution in [3.63, 3.8) is 0 Å². The molecule has 0 radical (unpaired) electrons. The summed E-state index contributed by atoms with van der Waals surface area (Å²) in [7, 11) is 7.99. The molecule has 236 valence electrons. The summed E-state index contributed by atoms with van der Waals surface area (Å²) in [5.74, 6) is 0.732. The summed E-state index contributed by atoms with van der Waals surface area (Å²) in [4.78, 5) is 19.7. The fraction of sp³-hybridized carbons (Fsp3) is 0.432. The molecule has 0 unspecified atom stereocenters. The lowest BCUT2D eigenvalue weighted by Crippen LogP contribution is -2.15. The fourth-order valence-electron chi connectivity index (χ4n) is 5.72. The average molecular weight is 633 g/mol. The number of phenols is 2. The lowest BCUT2D eigenvalue weighted by Gasteiger charge is -2.24. The van der Waals surface area contributed by atoms with E-state index in [1.807, 2.05) is 42.0 Å². The summed E-state index contributed by atoms with van der Waals surface area (Å²) in [6, 6.07) is 8.28. The first-order valence-corrected chi connectivity index (χ1v) is 16.8. The maximum absolute atomic E-state index is 14.1. The molecule has 0 amide bonds. The van der Waals surface area contributed by atoms with Gasteiger partial charge in [-0.05, 0) is 121 Å². The average Bonchev–Trinajstić information content (AvgIpc) is 3.46. The Morgan fingerprint density at radius 3 is 1.30 bits per heavy atom. The van der Waals surface area contributed by atoms with Crippen molar-refractivity contribution < 1.29 is 15.0 Å². The number of rotatable bonds is 8. The second kappa shape index (κ2) is 12.4. The monoisotopic (exact) mass is 632 g/mol. The predicted molar refractivity (Wildman–Crippen MR) is 188 cm³/mol. The molecular weight excluding hydrogens is 585 g/mol. The van der Waals surface area contributed by atoms with Crippen molar-refractivity contribution >= 4 is 28.5 Å². The molecule has 0 aliphatic heterocycles. The van der Waals surface area contributed by atoms with E-state index in [-0.39, 0.29) is 16.6 Å². The third-order valence-corrected chi connectivity index (χ3v) is 10.2. The Hall–Kier alpha value is -2.97. The normalized spacial score (nSPS) is 12.5. The van der Waals surface area contributed by atoms with Crippen LogP contribution in [0.2, 0.25) is 0 Å². The fourth-order valence-corrected chi connectivity index (χ4v) is 7.87. The highest BCUT2D eigenvalue weighted by molar-refractivity contribution is 7.16. The molecule has 0 aliphatic rings. The van der Waals surface area contributed by atoms with Gasteiger partial charge in [0.05, 0.1) is 9.75 Å². The van der Waals surface area contributed by atoms with Gasteiger partial charge in [-0.25, -0.2) is 0 Å². The van der Waals surface area contributed by atoms with E-state index in [0.29, 0.717) is 24.6 Å². The Balaban J connectivity index is 1.78. The first kappa shape index (κ1) is 33.9. The maximum atomic E-state index is 14.1. The van der Waals surface area contributed by atoms with Crippen molar-refractivity contribution in [1.82, 2.24) is 9.80 Å². The van der Waals surface area contributed by atoms with Gasteiger partial charge in [0.15, 0.2) is 0 Å². The third-order valence-electron chi connectivity index (χ3n) is 8.08. The highest BCUT2D eigenvalue weighted by Gasteiger charge is 2.27. The molecule has 2 aromatic heterocycles. The van der Waals surface area contributed by atoms with Crippen molar-refractivity contribution in [1.29, 1.82) is 0 Å². The topological polar surface area (TPSA) is 64.0 Å². The van der Waals surface area contributed by atoms with E-state index < -0.39 is 0 Å². The SMILES string of the molecule is Cc1c(-c2cc(CN(C)C)c(O)c(C(C)(C)C)c2)csc1C(=O)c1scc(-c2cc(CN(C)C)c(O)c(C(C)(C)C)c2)c1C. The lowest BCUT2D eigenvalue weighted by molar-refractivity contribution is 0.104. The summed E-state index contributed by atoms with van der Waals surface area (Å²) < 4.78 is 0. The van der Waals surface area contributed by atoms with Crippen LogP contribution >= 0.6 is 22.7 Å². The molecule has 2 heterocycles. The van der Waals surface area contributed by atoms with Crippen molar-refractivity contribution in [2.45, 2.75) is 79.3 Å². The van der Waals surface area contributed by atoms with Crippen LogP contribution in [0.15, 0.2) is 35.0 Å². The van der Waals surface area contributed by atoms with Gasteiger partial charge in [-0.1, -0.05) is 41.5 Å². The van der Waals surface area contributed by atoms with Crippen molar-refractivity contribution in [2.75, 3.05) is 28.2 Å². The highest BCUT2D eigenvalue weighted by atomic mass is 32.1. The Bertz CT molecular complexity index is 1570. The van der Waals surface area contributed by atoms with Crippen molar-refractivity contribution in [3.8, 4) is 33.8 Å². The van der Waals surface area contributed by atoms with Crippen LogP contribution in [0.4, 0.5) is 0 Å². The molecule has 0 aliphatic carbocycles. The van der Waals surface area contributed by atoms with Crippen LogP contribution in [0, 0.1) is 13.8 Å². The minimum absolute atomic E-state index is 0.0409. The number of nitrogens with zero attached hydrogens (tertiary/aromatic N) is 2. The molecule has 4 aromatic rings. The number of aromatic hydroxyl groups is 2. The molecule has 0 saturated heterocycles. The number of ketones is 1. The summed E-state index contributed by atoms with van der Waals surface area (Å²) >= 11 is 2.98. The molecule has 44 heavy (non-hydrogen) atoms. The zero-order chi connectivity index (χ0) is 32.9. The molecule has 0 bridgehead atoms. The molecule has 4 rings (SSSR count). The van der Waals surface area contributed by atoms with Crippen LogP contribution in [0.5, 0.6) is 11.5 Å². The van der Waals surface area contributed by atoms with E-state index in [0.717, 1.165) is 65.4 Å². The van der Waals surface area contributed by atoms with Crippen LogP contribution < -0.4 is 0 Å². The van der Waals surface area contributed by atoms with Gasteiger partial charge in [0.2, 0.25) is 5.78 Å². The molecular formula is C37H48N2O3S2. The number of benzene rings is 2. The second-order valence-corrected chi connectivity index (χ2v) is 16.3. The number of hydrogen-bond donors (Lipinski definition) is 2. The predicted octanol–water partition coefficient (Wildman–Crippen LogP) is 9.12. The molecule has 2 aromatic carbocycles. The molecule has 0 spiro atoms. The molecule has 5 nitrogen and oxygen atoms in total. The smallest absolute Gasteiger partial charge is 0.213 e. The third kappa shape index (κ3) is 6.81. The van der Waals surface area contributed by atoms with E-state index in [1.165, 1.54) is 22.7 Å². The molecule has 0 saturated carbocycles. The number of thiophene rings is 2. The number of carbonyl (C=O) groups is 1. The second-order valence-electron chi connectivity index (χ2n) is 14.6. The zero-order valence-corrected chi connectivity index (χ0v) is 30.0. The number of carbonyl (C=O) groups excluding carboxylic acids is 1. The van der Waals surface area contributed by atoms with Gasteiger partial charge in [-0.15, -0.1) is 22.7 Å². The Morgan fingerprint density at radius 1 is 0.659 bits per heavy atom. The van der Waals surface area contributed by atoms with Crippen LogP contribution in [-0.2, 0) is 23.9 Å². The first-order valence-electron chi connectivity index (χ1n) is 15.0. The van der Waals surface area contributed by atoms with Gasteiger partial charge in [-0.2, -0.15) is 0 Å². The minimum Gasteiger partial charge on any atom is -0.507 e. The Kier molecular flexibility index (Phi) is 9.58. The lowest BCUT2D eigenvalue weighted by atomic mass is 9.83. The van der Waals surface area contributed by atoms with E-state index >= 15 is 0 Å². The van der Waals surface area contributed by atoms with Crippen LogP contribution in [-0.4, -0.2) is 54.0 Å². The van der Waals surface area contributed by atoms with Crippen LogP contribution in [0.25, 0.3) is 22.3 Å². The van der Waals surface area contributed by atoms with E-state index in [2.05, 4.69) is 86.4 Å². The van der Waals surface area contributed by atoms with E-state index in [4.69, 9.17) is 0 Å². The minimum atomic E-state index is -0.234. The van der Waals surface area contributed by atoms with E-state index in [9.17, 15) is 15.0 Å². The zero-order valence-electron chi connectivity index (χ0n) is 28.4. The number of phenolic OH excluding ortho intramolecular Hbond substituents is 2. The summed E-state index contributed by atoms with van der Waals surface area (Å²) in [5.41, 5.74) is 9.12. The van der Waals surface area contributed by atoms with Crippen molar-refractivity contribution in [2.24, 2.45) is 0 Å². The van der Waals surface area contributed by atoms with Gasteiger partial charge in [-0.3, -0.25) is 4.79 Å². The van der Waals surface area contributed by atoms with Gasteiger partial charge in [0, 0.05) is 35.3 Å². The van der Waals surface area contributed by atoms with Gasteiger partial charge in [0.1, 0.15) is 11.5 Å². The Morgan fingerprint density at radius 2 is 1.00 bits per heavy atom.